The van der Waals surface area contributed by atoms with Crippen molar-refractivity contribution in [2.24, 2.45) is 0 Å². The Hall–Kier alpha value is -3.77. The Labute approximate surface area is 186 Å². The van der Waals surface area contributed by atoms with E-state index in [0.717, 1.165) is 11.3 Å². The zero-order valence-corrected chi connectivity index (χ0v) is 18.3. The van der Waals surface area contributed by atoms with Crippen LogP contribution in [-0.2, 0) is 21.3 Å². The van der Waals surface area contributed by atoms with Gasteiger partial charge in [-0.25, -0.2) is 22.7 Å². The summed E-state index contributed by atoms with van der Waals surface area (Å²) >= 11 is 1.07. The van der Waals surface area contributed by atoms with E-state index in [9.17, 15) is 18.0 Å². The number of esters is 1. The van der Waals surface area contributed by atoms with Crippen molar-refractivity contribution in [1.29, 1.82) is 0 Å². The van der Waals surface area contributed by atoms with Crippen molar-refractivity contribution in [2.45, 2.75) is 10.8 Å². The number of hydrogen-bond acceptors (Lipinski definition) is 8. The molecule has 0 fully saturated rings. The number of rotatable bonds is 7. The van der Waals surface area contributed by atoms with E-state index >= 15 is 0 Å². The first-order valence-electron chi connectivity index (χ1n) is 9.23. The molecule has 12 heteroatoms. The van der Waals surface area contributed by atoms with E-state index in [-0.39, 0.29) is 27.7 Å². The molecule has 1 amide bonds. The van der Waals surface area contributed by atoms with Crippen LogP contribution >= 0.6 is 11.3 Å². The molecule has 0 aliphatic carbocycles. The predicted octanol–water partition coefficient (Wildman–Crippen LogP) is 2.31. The highest BCUT2D eigenvalue weighted by atomic mass is 32.2. The molecule has 4 rings (SSSR count). The maximum atomic E-state index is 12.6. The summed E-state index contributed by atoms with van der Waals surface area (Å²) in [5.74, 6) is -1.08. The van der Waals surface area contributed by atoms with Crippen molar-refractivity contribution in [3.63, 3.8) is 0 Å². The molecular formula is C20H17N5O5S2. The molecule has 10 nitrogen and oxygen atoms in total. The molecule has 164 valence electrons. The molecular weight excluding hydrogens is 454 g/mol. The Kier molecular flexibility index (Phi) is 5.88. The summed E-state index contributed by atoms with van der Waals surface area (Å²) in [5, 5.41) is 8.51. The number of fused-ring (bicyclic) bond motifs is 1. The average molecular weight is 472 g/mol. The van der Waals surface area contributed by atoms with Crippen molar-refractivity contribution in [3.8, 4) is 0 Å². The van der Waals surface area contributed by atoms with Crippen LogP contribution in [0.1, 0.15) is 26.4 Å². The number of aromatic nitrogens is 3. The summed E-state index contributed by atoms with van der Waals surface area (Å²) in [7, 11) is -2.59. The number of benzene rings is 1. The number of sulfonamides is 1. The van der Waals surface area contributed by atoms with Gasteiger partial charge < -0.3 is 10.1 Å². The summed E-state index contributed by atoms with van der Waals surface area (Å²) in [5.41, 5.74) is 1.50. The third-order valence-corrected chi connectivity index (χ3v) is 7.13. The van der Waals surface area contributed by atoms with Crippen LogP contribution in [-0.4, -0.2) is 42.0 Å². The van der Waals surface area contributed by atoms with Crippen LogP contribution in [0.25, 0.3) is 5.65 Å². The van der Waals surface area contributed by atoms with Crippen molar-refractivity contribution < 1.29 is 22.7 Å². The second-order valence-corrected chi connectivity index (χ2v) is 9.44. The van der Waals surface area contributed by atoms with E-state index < -0.39 is 21.9 Å². The number of ether oxygens (including phenoxy) is 1. The Morgan fingerprint density at radius 3 is 2.75 bits per heavy atom. The summed E-state index contributed by atoms with van der Waals surface area (Å²) in [6, 6.07) is 10.8. The van der Waals surface area contributed by atoms with Gasteiger partial charge in [0.1, 0.15) is 4.21 Å². The van der Waals surface area contributed by atoms with Gasteiger partial charge in [0, 0.05) is 25.0 Å². The van der Waals surface area contributed by atoms with Crippen molar-refractivity contribution >= 4 is 44.6 Å². The van der Waals surface area contributed by atoms with Crippen LogP contribution < -0.4 is 10.0 Å². The molecule has 3 aromatic heterocycles. The maximum Gasteiger partial charge on any atom is 0.337 e. The SMILES string of the molecule is COC(=O)c1cc(CNC(=O)c2cc3ncccn3n2)cc(NS(=O)(=O)c2cccs2)c1. The van der Waals surface area contributed by atoms with Gasteiger partial charge in [-0.05, 0) is 41.3 Å². The number of carbonyl (C=O) groups is 2. The van der Waals surface area contributed by atoms with Gasteiger partial charge in [-0.1, -0.05) is 6.07 Å². The van der Waals surface area contributed by atoms with E-state index in [4.69, 9.17) is 4.74 Å². The highest BCUT2D eigenvalue weighted by Gasteiger charge is 2.18. The molecule has 0 saturated carbocycles. The molecule has 1 aromatic carbocycles. The zero-order chi connectivity index (χ0) is 22.7. The molecule has 0 spiro atoms. The molecule has 0 unspecified atom stereocenters. The molecule has 0 aliphatic heterocycles. The Bertz CT molecular complexity index is 1360. The first-order chi connectivity index (χ1) is 15.4. The fourth-order valence-electron chi connectivity index (χ4n) is 2.92. The lowest BCUT2D eigenvalue weighted by Gasteiger charge is -2.11. The highest BCUT2D eigenvalue weighted by Crippen LogP contribution is 2.23. The fraction of sp³-hybridized carbons (Fsp3) is 0.100. The summed E-state index contributed by atoms with van der Waals surface area (Å²) < 4.78 is 33.9. The third-order valence-electron chi connectivity index (χ3n) is 4.35. The van der Waals surface area contributed by atoms with Gasteiger partial charge in [0.25, 0.3) is 15.9 Å². The van der Waals surface area contributed by atoms with E-state index in [1.54, 1.807) is 36.0 Å². The van der Waals surface area contributed by atoms with Gasteiger partial charge in [-0.3, -0.25) is 9.52 Å². The number of thiophene rings is 1. The minimum Gasteiger partial charge on any atom is -0.465 e. The van der Waals surface area contributed by atoms with E-state index in [1.165, 1.54) is 35.9 Å². The number of nitrogens with one attached hydrogen (secondary N) is 2. The molecule has 2 N–H and O–H groups in total. The normalized spacial score (nSPS) is 11.3. The van der Waals surface area contributed by atoms with Crippen molar-refractivity contribution in [2.75, 3.05) is 11.8 Å². The minimum absolute atomic E-state index is 0.0265. The fourth-order valence-corrected chi connectivity index (χ4v) is 4.96. The largest absolute Gasteiger partial charge is 0.465 e. The summed E-state index contributed by atoms with van der Waals surface area (Å²) in [4.78, 5) is 28.7. The quantitative estimate of drug-likeness (QED) is 0.395. The zero-order valence-electron chi connectivity index (χ0n) is 16.7. The first kappa shape index (κ1) is 21.5. The minimum atomic E-state index is -3.82. The second kappa shape index (κ2) is 8.77. The van der Waals surface area contributed by atoms with Gasteiger partial charge in [0.2, 0.25) is 0 Å². The molecule has 0 atom stereocenters. The lowest BCUT2D eigenvalue weighted by atomic mass is 10.1. The van der Waals surface area contributed by atoms with Gasteiger partial charge in [0.05, 0.1) is 18.4 Å². The van der Waals surface area contributed by atoms with E-state index in [1.807, 2.05) is 0 Å². The van der Waals surface area contributed by atoms with Gasteiger partial charge in [0.15, 0.2) is 11.3 Å². The van der Waals surface area contributed by atoms with Crippen molar-refractivity contribution in [1.82, 2.24) is 19.9 Å². The topological polar surface area (TPSA) is 132 Å². The Morgan fingerprint density at radius 2 is 2.03 bits per heavy atom. The molecule has 4 aromatic rings. The van der Waals surface area contributed by atoms with Crippen LogP contribution in [0.2, 0.25) is 0 Å². The molecule has 0 bridgehead atoms. The number of amides is 1. The summed E-state index contributed by atoms with van der Waals surface area (Å²) in [6.07, 6.45) is 3.26. The number of carbonyl (C=O) groups excluding carboxylic acids is 2. The van der Waals surface area contributed by atoms with Crippen LogP contribution in [0.3, 0.4) is 0 Å². The molecule has 0 radical (unpaired) electrons. The van der Waals surface area contributed by atoms with E-state index in [2.05, 4.69) is 20.1 Å². The van der Waals surface area contributed by atoms with Crippen LogP contribution in [0, 0.1) is 0 Å². The monoisotopic (exact) mass is 471 g/mol. The second-order valence-electron chi connectivity index (χ2n) is 6.58. The number of anilines is 1. The molecule has 0 aliphatic rings. The van der Waals surface area contributed by atoms with Gasteiger partial charge in [-0.15, -0.1) is 11.3 Å². The number of hydrogen-bond donors (Lipinski definition) is 2. The molecule has 3 heterocycles. The molecule has 0 saturated heterocycles. The first-order valence-corrected chi connectivity index (χ1v) is 11.6. The average Bonchev–Trinajstić information content (AvgIpc) is 3.47. The molecule has 32 heavy (non-hydrogen) atoms. The lowest BCUT2D eigenvalue weighted by Crippen LogP contribution is -2.23. The Balaban J connectivity index is 1.56. The maximum absolute atomic E-state index is 12.6. The van der Waals surface area contributed by atoms with Crippen LogP contribution in [0.5, 0.6) is 0 Å². The number of nitrogens with zero attached hydrogens (tertiary/aromatic N) is 3. The predicted molar refractivity (Wildman–Crippen MR) is 117 cm³/mol. The lowest BCUT2D eigenvalue weighted by molar-refractivity contribution is 0.0600. The standard InChI is InChI=1S/C20H17N5O5S2/c1-30-20(27)14-8-13(9-15(10-14)24-32(28,29)18-4-2-7-31-18)12-22-19(26)16-11-17-21-5-3-6-25(17)23-16/h2-11,24H,12H2,1H3,(H,22,26). The summed E-state index contributed by atoms with van der Waals surface area (Å²) in [6.45, 7) is 0.0265. The van der Waals surface area contributed by atoms with E-state index in [0.29, 0.717) is 11.2 Å². The highest BCUT2D eigenvalue weighted by molar-refractivity contribution is 7.94. The van der Waals surface area contributed by atoms with Gasteiger partial charge >= 0.3 is 5.97 Å². The van der Waals surface area contributed by atoms with Crippen molar-refractivity contribution in [3.05, 3.63) is 77.1 Å². The third kappa shape index (κ3) is 4.60. The van der Waals surface area contributed by atoms with Crippen LogP contribution in [0.15, 0.2) is 64.4 Å². The number of methoxy groups -OCH3 is 1. The van der Waals surface area contributed by atoms with Crippen LogP contribution in [0.4, 0.5) is 5.69 Å². The van der Waals surface area contributed by atoms with Gasteiger partial charge in [-0.2, -0.15) is 5.10 Å². The smallest absolute Gasteiger partial charge is 0.337 e. The Morgan fingerprint density at radius 1 is 1.19 bits per heavy atom.